The molecule has 23 heavy (non-hydrogen) atoms. The van der Waals surface area contributed by atoms with Crippen LogP contribution in [0.5, 0.6) is 5.75 Å². The molecule has 3 rings (SSSR count). The zero-order valence-corrected chi connectivity index (χ0v) is 12.3. The Labute approximate surface area is 131 Å². The number of phenols is 1. The first-order chi connectivity index (χ1) is 11.1. The van der Waals surface area contributed by atoms with Gasteiger partial charge in [-0.25, -0.2) is 5.43 Å². The van der Waals surface area contributed by atoms with Crippen LogP contribution in [-0.2, 0) is 0 Å². The number of phenolic OH excluding ortho intramolecular Hbond substituents is 1. The quantitative estimate of drug-likeness (QED) is 0.508. The summed E-state index contributed by atoms with van der Waals surface area (Å²) in [5.41, 5.74) is 3.85. The van der Waals surface area contributed by atoms with Gasteiger partial charge in [-0.3, -0.25) is 9.89 Å². The molecule has 0 spiro atoms. The van der Waals surface area contributed by atoms with Crippen molar-refractivity contribution in [2.24, 2.45) is 5.10 Å². The molecule has 0 unspecified atom stereocenters. The Kier molecular flexibility index (Phi) is 3.92. The summed E-state index contributed by atoms with van der Waals surface area (Å²) in [7, 11) is 0. The highest BCUT2D eigenvalue weighted by atomic mass is 16.3. The van der Waals surface area contributed by atoms with Crippen molar-refractivity contribution < 1.29 is 14.3 Å². The van der Waals surface area contributed by atoms with Crippen molar-refractivity contribution in [3.63, 3.8) is 0 Å². The Morgan fingerprint density at radius 3 is 2.96 bits per heavy atom. The summed E-state index contributed by atoms with van der Waals surface area (Å²) in [6.07, 6.45) is 1.43. The number of H-pyrrole nitrogens is 1. The van der Waals surface area contributed by atoms with Crippen LogP contribution in [0.4, 0.5) is 0 Å². The minimum atomic E-state index is -0.452. The third-order valence-corrected chi connectivity index (χ3v) is 3.07. The van der Waals surface area contributed by atoms with Crippen molar-refractivity contribution in [2.75, 3.05) is 0 Å². The molecule has 0 aliphatic carbocycles. The number of aromatic hydroxyl groups is 1. The van der Waals surface area contributed by atoms with E-state index in [4.69, 9.17) is 4.42 Å². The number of aromatic nitrogens is 2. The van der Waals surface area contributed by atoms with E-state index in [9.17, 15) is 9.90 Å². The molecule has 116 valence electrons. The molecule has 0 saturated carbocycles. The van der Waals surface area contributed by atoms with E-state index in [0.29, 0.717) is 17.0 Å². The third kappa shape index (κ3) is 3.46. The molecule has 2 aromatic heterocycles. The van der Waals surface area contributed by atoms with Gasteiger partial charge in [-0.15, -0.1) is 0 Å². The standard InChI is InChI=1S/C16H14N4O3/c1-10-5-6-15(23-10)13-8-14(19-18-13)16(22)20-17-9-11-3-2-4-12(21)7-11/h2-9,21H,1H3,(H,18,19)(H,20,22)/b17-9-. The molecule has 0 fully saturated rings. The van der Waals surface area contributed by atoms with Gasteiger partial charge in [-0.05, 0) is 36.8 Å². The van der Waals surface area contributed by atoms with E-state index in [1.165, 1.54) is 12.3 Å². The van der Waals surface area contributed by atoms with Crippen LogP contribution in [0.25, 0.3) is 11.5 Å². The molecule has 3 aromatic rings. The van der Waals surface area contributed by atoms with E-state index in [1.807, 2.05) is 13.0 Å². The molecule has 7 nitrogen and oxygen atoms in total. The molecule has 0 saturated heterocycles. The molecule has 0 aliphatic rings. The summed E-state index contributed by atoms with van der Waals surface area (Å²) in [5.74, 6) is 1.06. The van der Waals surface area contributed by atoms with Crippen LogP contribution >= 0.6 is 0 Å². The first-order valence-electron chi connectivity index (χ1n) is 6.86. The Bertz CT molecular complexity index is 864. The van der Waals surface area contributed by atoms with Gasteiger partial charge in [0.2, 0.25) is 0 Å². The van der Waals surface area contributed by atoms with Gasteiger partial charge in [-0.1, -0.05) is 12.1 Å². The SMILES string of the molecule is Cc1ccc(-c2cc(C(=O)N/N=C\c3cccc(O)c3)n[nH]2)o1. The molecular weight excluding hydrogens is 296 g/mol. The van der Waals surface area contributed by atoms with Gasteiger partial charge in [0.1, 0.15) is 17.2 Å². The number of aromatic amines is 1. The Hall–Kier alpha value is -3.35. The molecule has 0 radical (unpaired) electrons. The number of hydrazone groups is 1. The predicted molar refractivity (Wildman–Crippen MR) is 84.2 cm³/mol. The smallest absolute Gasteiger partial charge is 0.291 e. The van der Waals surface area contributed by atoms with Crippen LogP contribution in [-0.4, -0.2) is 27.4 Å². The van der Waals surface area contributed by atoms with E-state index < -0.39 is 5.91 Å². The van der Waals surface area contributed by atoms with Crippen molar-refractivity contribution >= 4 is 12.1 Å². The number of aryl methyl sites for hydroxylation is 1. The van der Waals surface area contributed by atoms with Crippen LogP contribution in [0.1, 0.15) is 21.8 Å². The fourth-order valence-corrected chi connectivity index (χ4v) is 1.97. The van der Waals surface area contributed by atoms with Gasteiger partial charge < -0.3 is 9.52 Å². The predicted octanol–water partition coefficient (Wildman–Crippen LogP) is 2.45. The Balaban J connectivity index is 1.66. The number of amides is 1. The Morgan fingerprint density at radius 1 is 1.35 bits per heavy atom. The second-order valence-corrected chi connectivity index (χ2v) is 4.87. The van der Waals surface area contributed by atoms with Crippen LogP contribution in [0.2, 0.25) is 0 Å². The fraction of sp³-hybridized carbons (Fsp3) is 0.0625. The van der Waals surface area contributed by atoms with Crippen molar-refractivity contribution in [3.05, 3.63) is 59.5 Å². The van der Waals surface area contributed by atoms with Gasteiger partial charge in [0, 0.05) is 6.07 Å². The summed E-state index contributed by atoms with van der Waals surface area (Å²) in [6.45, 7) is 1.84. The van der Waals surface area contributed by atoms with E-state index in [-0.39, 0.29) is 11.4 Å². The number of carbonyl (C=O) groups is 1. The maximum atomic E-state index is 12.0. The van der Waals surface area contributed by atoms with E-state index in [0.717, 1.165) is 5.76 Å². The first-order valence-corrected chi connectivity index (χ1v) is 6.86. The number of hydrogen-bond acceptors (Lipinski definition) is 5. The highest BCUT2D eigenvalue weighted by molar-refractivity contribution is 5.94. The normalized spacial score (nSPS) is 11.0. The number of rotatable bonds is 4. The zero-order chi connectivity index (χ0) is 16.2. The van der Waals surface area contributed by atoms with E-state index in [2.05, 4.69) is 20.7 Å². The van der Waals surface area contributed by atoms with Gasteiger partial charge in [0.25, 0.3) is 5.91 Å². The monoisotopic (exact) mass is 310 g/mol. The second kappa shape index (κ2) is 6.18. The first kappa shape index (κ1) is 14.6. The van der Waals surface area contributed by atoms with Crippen LogP contribution in [0.15, 0.2) is 52.0 Å². The van der Waals surface area contributed by atoms with E-state index >= 15 is 0 Å². The summed E-state index contributed by atoms with van der Waals surface area (Å²) < 4.78 is 5.46. The molecule has 3 N–H and O–H groups in total. The topological polar surface area (TPSA) is 104 Å². The molecule has 0 aliphatic heterocycles. The molecule has 0 bridgehead atoms. The summed E-state index contributed by atoms with van der Waals surface area (Å²) >= 11 is 0. The van der Waals surface area contributed by atoms with Crippen molar-refractivity contribution in [1.29, 1.82) is 0 Å². The van der Waals surface area contributed by atoms with Gasteiger partial charge in [0.15, 0.2) is 11.5 Å². The van der Waals surface area contributed by atoms with E-state index in [1.54, 1.807) is 30.3 Å². The molecule has 1 amide bonds. The lowest BCUT2D eigenvalue weighted by Gasteiger charge is -1.96. The highest BCUT2D eigenvalue weighted by Gasteiger charge is 2.12. The molecular formula is C16H14N4O3. The molecule has 0 atom stereocenters. The van der Waals surface area contributed by atoms with Crippen molar-refractivity contribution in [2.45, 2.75) is 6.92 Å². The summed E-state index contributed by atoms with van der Waals surface area (Å²) in [5, 5.41) is 19.8. The molecule has 7 heteroatoms. The number of benzene rings is 1. The lowest BCUT2D eigenvalue weighted by atomic mass is 10.2. The van der Waals surface area contributed by atoms with Crippen LogP contribution in [0, 0.1) is 6.92 Å². The van der Waals surface area contributed by atoms with Gasteiger partial charge >= 0.3 is 0 Å². The van der Waals surface area contributed by atoms with Crippen LogP contribution < -0.4 is 5.43 Å². The maximum Gasteiger partial charge on any atom is 0.291 e. The van der Waals surface area contributed by atoms with Gasteiger partial charge in [0.05, 0.1) is 6.21 Å². The second-order valence-electron chi connectivity index (χ2n) is 4.87. The lowest BCUT2D eigenvalue weighted by molar-refractivity contribution is 0.0950. The van der Waals surface area contributed by atoms with Crippen molar-refractivity contribution in [3.8, 4) is 17.2 Å². The number of carbonyl (C=O) groups excluding carboxylic acids is 1. The van der Waals surface area contributed by atoms with Crippen LogP contribution in [0.3, 0.4) is 0 Å². The average Bonchev–Trinajstić information content (AvgIpc) is 3.16. The average molecular weight is 310 g/mol. The fourth-order valence-electron chi connectivity index (χ4n) is 1.97. The maximum absolute atomic E-state index is 12.0. The summed E-state index contributed by atoms with van der Waals surface area (Å²) in [4.78, 5) is 12.0. The van der Waals surface area contributed by atoms with Crippen molar-refractivity contribution in [1.82, 2.24) is 15.6 Å². The number of hydrogen-bond donors (Lipinski definition) is 3. The number of nitrogens with zero attached hydrogens (tertiary/aromatic N) is 2. The summed E-state index contributed by atoms with van der Waals surface area (Å²) in [6, 6.07) is 11.7. The zero-order valence-electron chi connectivity index (χ0n) is 12.3. The number of nitrogens with one attached hydrogen (secondary N) is 2. The highest BCUT2D eigenvalue weighted by Crippen LogP contribution is 2.20. The minimum absolute atomic E-state index is 0.131. The number of furan rings is 1. The lowest BCUT2D eigenvalue weighted by Crippen LogP contribution is -2.17. The largest absolute Gasteiger partial charge is 0.508 e. The molecule has 1 aromatic carbocycles. The Morgan fingerprint density at radius 2 is 2.22 bits per heavy atom. The third-order valence-electron chi connectivity index (χ3n) is 3.07. The minimum Gasteiger partial charge on any atom is -0.508 e. The van der Waals surface area contributed by atoms with Gasteiger partial charge in [-0.2, -0.15) is 10.2 Å². The molecule has 2 heterocycles.